The van der Waals surface area contributed by atoms with E-state index in [1.165, 1.54) is 11.1 Å². The fourth-order valence-corrected chi connectivity index (χ4v) is 3.53. The smallest absolute Gasteiger partial charge is 0.211 e. The minimum Gasteiger partial charge on any atom is -0.300 e. The van der Waals surface area contributed by atoms with Gasteiger partial charge >= 0.3 is 0 Å². The van der Waals surface area contributed by atoms with E-state index in [0.29, 0.717) is 13.1 Å². The molecule has 2 rings (SSSR count). The Morgan fingerprint density at radius 1 is 1.29 bits per heavy atom. The summed E-state index contributed by atoms with van der Waals surface area (Å²) in [6.45, 7) is 3.97. The van der Waals surface area contributed by atoms with Gasteiger partial charge in [0.25, 0.3) is 0 Å². The lowest BCUT2D eigenvalue weighted by molar-refractivity contribution is 0.191. The lowest BCUT2D eigenvalue weighted by Gasteiger charge is -2.33. The van der Waals surface area contributed by atoms with Crippen LogP contribution in [0.25, 0.3) is 0 Å². The SMILES string of the molecule is CS(=O)(=O)N1CCN(CCc2cccs2)CC1. The Morgan fingerprint density at radius 2 is 2.00 bits per heavy atom. The molecule has 6 heteroatoms. The van der Waals surface area contributed by atoms with Gasteiger partial charge in [-0.1, -0.05) is 6.07 Å². The average Bonchev–Trinajstić information content (AvgIpc) is 2.78. The number of hydrogen-bond donors (Lipinski definition) is 0. The van der Waals surface area contributed by atoms with E-state index >= 15 is 0 Å². The van der Waals surface area contributed by atoms with Gasteiger partial charge in [-0.2, -0.15) is 4.31 Å². The minimum atomic E-state index is -3.00. The van der Waals surface area contributed by atoms with Crippen molar-refractivity contribution in [2.24, 2.45) is 0 Å². The fourth-order valence-electron chi connectivity index (χ4n) is 2.01. The van der Waals surface area contributed by atoms with Gasteiger partial charge in [0.05, 0.1) is 6.26 Å². The van der Waals surface area contributed by atoms with E-state index in [1.807, 2.05) is 0 Å². The first-order valence-corrected chi connectivity index (χ1v) is 8.48. The van der Waals surface area contributed by atoms with Gasteiger partial charge in [0.1, 0.15) is 0 Å². The first kappa shape index (κ1) is 13.0. The normalized spacial score (nSPS) is 19.6. The molecule has 0 aliphatic carbocycles. The van der Waals surface area contributed by atoms with E-state index < -0.39 is 10.0 Å². The Kier molecular flexibility index (Phi) is 4.19. The van der Waals surface area contributed by atoms with Crippen molar-refractivity contribution < 1.29 is 8.42 Å². The summed E-state index contributed by atoms with van der Waals surface area (Å²) in [7, 11) is -3.00. The van der Waals surface area contributed by atoms with Crippen LogP contribution >= 0.6 is 11.3 Å². The highest BCUT2D eigenvalue weighted by Gasteiger charge is 2.22. The molecule has 2 heterocycles. The second-order valence-electron chi connectivity index (χ2n) is 4.33. The van der Waals surface area contributed by atoms with Gasteiger partial charge in [0, 0.05) is 37.6 Å². The number of piperazine rings is 1. The summed E-state index contributed by atoms with van der Waals surface area (Å²) < 4.78 is 24.3. The molecule has 17 heavy (non-hydrogen) atoms. The molecule has 1 saturated heterocycles. The number of thiophene rings is 1. The topological polar surface area (TPSA) is 40.6 Å². The quantitative estimate of drug-likeness (QED) is 0.818. The first-order chi connectivity index (χ1) is 8.05. The molecule has 4 nitrogen and oxygen atoms in total. The van der Waals surface area contributed by atoms with Crippen LogP contribution in [0.3, 0.4) is 0 Å². The summed E-state index contributed by atoms with van der Waals surface area (Å²) >= 11 is 1.78. The molecule has 1 fully saturated rings. The van der Waals surface area contributed by atoms with Gasteiger partial charge in [0.2, 0.25) is 10.0 Å². The highest BCUT2D eigenvalue weighted by molar-refractivity contribution is 7.88. The Bertz CT molecular complexity index is 434. The van der Waals surface area contributed by atoms with Gasteiger partial charge in [-0.3, -0.25) is 0 Å². The van der Waals surface area contributed by atoms with Crippen molar-refractivity contribution in [3.8, 4) is 0 Å². The molecule has 1 aliphatic rings. The van der Waals surface area contributed by atoms with Crippen molar-refractivity contribution in [3.05, 3.63) is 22.4 Å². The largest absolute Gasteiger partial charge is 0.300 e. The molecule has 0 aromatic carbocycles. The van der Waals surface area contributed by atoms with Crippen LogP contribution < -0.4 is 0 Å². The zero-order chi connectivity index (χ0) is 12.3. The van der Waals surface area contributed by atoms with E-state index in [1.54, 1.807) is 15.6 Å². The van der Waals surface area contributed by atoms with Gasteiger partial charge < -0.3 is 4.90 Å². The molecule has 1 aromatic rings. The molecule has 0 radical (unpaired) electrons. The van der Waals surface area contributed by atoms with Crippen LogP contribution in [0.1, 0.15) is 4.88 Å². The van der Waals surface area contributed by atoms with Crippen molar-refractivity contribution in [3.63, 3.8) is 0 Å². The van der Waals surface area contributed by atoms with Gasteiger partial charge in [-0.05, 0) is 17.9 Å². The van der Waals surface area contributed by atoms with Crippen molar-refractivity contribution in [1.29, 1.82) is 0 Å². The third-order valence-corrected chi connectivity index (χ3v) is 5.29. The summed E-state index contributed by atoms with van der Waals surface area (Å²) in [6, 6.07) is 4.22. The van der Waals surface area contributed by atoms with Crippen molar-refractivity contribution in [2.75, 3.05) is 39.0 Å². The lowest BCUT2D eigenvalue weighted by atomic mass is 10.3. The molecule has 96 valence electrons. The third kappa shape index (κ3) is 3.77. The molecule has 0 amide bonds. The fraction of sp³-hybridized carbons (Fsp3) is 0.636. The van der Waals surface area contributed by atoms with Crippen LogP contribution in [0.15, 0.2) is 17.5 Å². The number of rotatable bonds is 4. The summed E-state index contributed by atoms with van der Waals surface area (Å²) in [5, 5.41) is 2.09. The summed E-state index contributed by atoms with van der Waals surface area (Å²) in [4.78, 5) is 3.73. The second-order valence-corrected chi connectivity index (χ2v) is 7.35. The van der Waals surface area contributed by atoms with E-state index in [0.717, 1.165) is 26.1 Å². The molecule has 0 saturated carbocycles. The Hall–Kier alpha value is -0.430. The van der Waals surface area contributed by atoms with Crippen molar-refractivity contribution in [1.82, 2.24) is 9.21 Å². The average molecular weight is 274 g/mol. The third-order valence-electron chi connectivity index (χ3n) is 3.05. The molecule has 1 aromatic heterocycles. The molecular weight excluding hydrogens is 256 g/mol. The van der Waals surface area contributed by atoms with Crippen LogP contribution in [0.2, 0.25) is 0 Å². The molecule has 0 atom stereocenters. The Labute approximate surface area is 107 Å². The monoisotopic (exact) mass is 274 g/mol. The summed E-state index contributed by atoms with van der Waals surface area (Å²) in [5.41, 5.74) is 0. The second kappa shape index (κ2) is 5.48. The van der Waals surface area contributed by atoms with Crippen molar-refractivity contribution in [2.45, 2.75) is 6.42 Å². The molecule has 0 unspecified atom stereocenters. The van der Waals surface area contributed by atoms with Gasteiger partial charge in [-0.25, -0.2) is 8.42 Å². The van der Waals surface area contributed by atoms with Crippen LogP contribution in [0.4, 0.5) is 0 Å². The van der Waals surface area contributed by atoms with Gasteiger partial charge in [0.15, 0.2) is 0 Å². The van der Waals surface area contributed by atoms with E-state index in [9.17, 15) is 8.42 Å². The number of sulfonamides is 1. The Morgan fingerprint density at radius 3 is 2.53 bits per heavy atom. The zero-order valence-electron chi connectivity index (χ0n) is 10.0. The standard InChI is InChI=1S/C11H18N2O2S2/c1-17(14,15)13-8-6-12(7-9-13)5-4-11-3-2-10-16-11/h2-3,10H,4-9H2,1H3. The minimum absolute atomic E-state index is 0.628. The maximum Gasteiger partial charge on any atom is 0.211 e. The predicted molar refractivity (Wildman–Crippen MR) is 70.9 cm³/mol. The van der Waals surface area contributed by atoms with Crippen molar-refractivity contribution >= 4 is 21.4 Å². The van der Waals surface area contributed by atoms with Gasteiger partial charge in [-0.15, -0.1) is 11.3 Å². The van der Waals surface area contributed by atoms with E-state index in [2.05, 4.69) is 22.4 Å². The number of hydrogen-bond acceptors (Lipinski definition) is 4. The molecule has 1 aliphatic heterocycles. The highest BCUT2D eigenvalue weighted by Crippen LogP contribution is 2.11. The zero-order valence-corrected chi connectivity index (χ0v) is 11.6. The van der Waals surface area contributed by atoms with Crippen LogP contribution in [0, 0.1) is 0 Å². The number of nitrogens with zero attached hydrogens (tertiary/aromatic N) is 2. The molecule has 0 spiro atoms. The first-order valence-electron chi connectivity index (χ1n) is 5.75. The van der Waals surface area contributed by atoms with E-state index in [-0.39, 0.29) is 0 Å². The van der Waals surface area contributed by atoms with Crippen LogP contribution in [-0.2, 0) is 16.4 Å². The Balaban J connectivity index is 1.76. The lowest BCUT2D eigenvalue weighted by Crippen LogP contribution is -2.48. The van der Waals surface area contributed by atoms with E-state index in [4.69, 9.17) is 0 Å². The van der Waals surface area contributed by atoms with Crippen LogP contribution in [0.5, 0.6) is 0 Å². The molecule has 0 N–H and O–H groups in total. The maximum atomic E-state index is 11.3. The summed E-state index contributed by atoms with van der Waals surface area (Å²) in [6.07, 6.45) is 2.35. The predicted octanol–water partition coefficient (Wildman–Crippen LogP) is 0.868. The highest BCUT2D eigenvalue weighted by atomic mass is 32.2. The van der Waals surface area contributed by atoms with Crippen LogP contribution in [-0.4, -0.2) is 56.6 Å². The maximum absolute atomic E-state index is 11.3. The molecule has 0 bridgehead atoms. The summed E-state index contributed by atoms with van der Waals surface area (Å²) in [5.74, 6) is 0. The molecular formula is C11H18N2O2S2.